The largest absolute Gasteiger partial charge is 0.496 e. The lowest BCUT2D eigenvalue weighted by Gasteiger charge is -2.11. The molecule has 24 heavy (non-hydrogen) atoms. The summed E-state index contributed by atoms with van der Waals surface area (Å²) in [5.74, 6) is -0.327. The fourth-order valence-corrected chi connectivity index (χ4v) is 2.43. The van der Waals surface area contributed by atoms with Crippen LogP contribution < -0.4 is 15.4 Å². The van der Waals surface area contributed by atoms with E-state index in [1.165, 1.54) is 13.2 Å². The Balaban J connectivity index is 1.99. The molecule has 2 aromatic rings. The van der Waals surface area contributed by atoms with Crippen LogP contribution in [0.3, 0.4) is 0 Å². The Kier molecular flexibility index (Phi) is 6.21. The lowest BCUT2D eigenvalue weighted by molar-refractivity contribution is -0.115. The van der Waals surface area contributed by atoms with Crippen molar-refractivity contribution in [1.82, 2.24) is 5.32 Å². The Bertz CT molecular complexity index is 747. The summed E-state index contributed by atoms with van der Waals surface area (Å²) in [6.45, 7) is 1.87. The number of rotatable bonds is 6. The molecule has 0 aliphatic heterocycles. The Morgan fingerprint density at radius 3 is 2.62 bits per heavy atom. The van der Waals surface area contributed by atoms with Gasteiger partial charge in [0.1, 0.15) is 5.75 Å². The van der Waals surface area contributed by atoms with E-state index in [0.717, 1.165) is 17.7 Å². The molecule has 0 aliphatic rings. The number of benzene rings is 2. The Hall–Kier alpha value is -2.53. The summed E-state index contributed by atoms with van der Waals surface area (Å²) >= 11 is 5.91. The molecule has 2 rings (SSSR count). The van der Waals surface area contributed by atoms with E-state index in [0.29, 0.717) is 10.8 Å². The van der Waals surface area contributed by atoms with Crippen LogP contribution in [-0.2, 0) is 11.2 Å². The summed E-state index contributed by atoms with van der Waals surface area (Å²) in [7, 11) is 1.47. The first kappa shape index (κ1) is 17.8. The zero-order chi connectivity index (χ0) is 17.5. The molecule has 5 nitrogen and oxygen atoms in total. The number of para-hydroxylation sites is 1. The number of hydrogen-bond donors (Lipinski definition) is 2. The van der Waals surface area contributed by atoms with Gasteiger partial charge in [-0.1, -0.05) is 36.7 Å². The predicted molar refractivity (Wildman–Crippen MR) is 94.8 cm³/mol. The van der Waals surface area contributed by atoms with Crippen molar-refractivity contribution >= 4 is 29.1 Å². The van der Waals surface area contributed by atoms with Crippen molar-refractivity contribution in [3.8, 4) is 5.75 Å². The quantitative estimate of drug-likeness (QED) is 0.843. The molecule has 0 aromatic heterocycles. The van der Waals surface area contributed by atoms with Crippen LogP contribution in [0, 0.1) is 0 Å². The predicted octanol–water partition coefficient (Wildman–Crippen LogP) is 3.28. The van der Waals surface area contributed by atoms with Crippen LogP contribution in [0.25, 0.3) is 0 Å². The molecule has 0 bridgehead atoms. The van der Waals surface area contributed by atoms with Crippen LogP contribution in [0.1, 0.15) is 22.8 Å². The van der Waals surface area contributed by atoms with Gasteiger partial charge in [0.05, 0.1) is 19.2 Å². The molecule has 0 fully saturated rings. The van der Waals surface area contributed by atoms with Gasteiger partial charge in [0.25, 0.3) is 5.91 Å². The summed E-state index contributed by atoms with van der Waals surface area (Å²) in [5, 5.41) is 5.78. The van der Waals surface area contributed by atoms with Gasteiger partial charge in [-0.05, 0) is 36.2 Å². The number of carbonyl (C=O) groups is 2. The minimum atomic E-state index is -0.423. The first-order valence-electron chi connectivity index (χ1n) is 7.54. The monoisotopic (exact) mass is 346 g/mol. The van der Waals surface area contributed by atoms with E-state index in [2.05, 4.69) is 10.6 Å². The van der Waals surface area contributed by atoms with Gasteiger partial charge < -0.3 is 15.4 Å². The van der Waals surface area contributed by atoms with E-state index in [4.69, 9.17) is 16.3 Å². The molecule has 0 spiro atoms. The smallest absolute Gasteiger partial charge is 0.255 e. The van der Waals surface area contributed by atoms with Gasteiger partial charge in [0.2, 0.25) is 5.91 Å². The van der Waals surface area contributed by atoms with Crippen LogP contribution in [0.15, 0.2) is 42.5 Å². The van der Waals surface area contributed by atoms with E-state index in [9.17, 15) is 9.59 Å². The van der Waals surface area contributed by atoms with Crippen LogP contribution in [0.5, 0.6) is 5.75 Å². The second-order valence-corrected chi connectivity index (χ2v) is 5.52. The molecule has 0 saturated carbocycles. The minimum Gasteiger partial charge on any atom is -0.496 e. The van der Waals surface area contributed by atoms with Gasteiger partial charge in [0, 0.05) is 10.7 Å². The number of aryl methyl sites for hydroxylation is 1. The number of ether oxygens (including phenoxy) is 1. The molecule has 0 saturated heterocycles. The minimum absolute atomic E-state index is 0.146. The molecule has 126 valence electrons. The SMILES string of the molecule is CCc1ccccc1NC(=O)CNC(=O)c1cc(Cl)ccc1OC. The molecule has 0 heterocycles. The summed E-state index contributed by atoms with van der Waals surface area (Å²) in [5.41, 5.74) is 2.07. The first-order chi connectivity index (χ1) is 11.5. The number of amides is 2. The van der Waals surface area contributed by atoms with Crippen molar-refractivity contribution in [3.63, 3.8) is 0 Å². The molecule has 0 atom stereocenters. The summed E-state index contributed by atoms with van der Waals surface area (Å²) in [6, 6.07) is 12.3. The van der Waals surface area contributed by atoms with E-state index < -0.39 is 5.91 Å². The van der Waals surface area contributed by atoms with Crippen LogP contribution in [-0.4, -0.2) is 25.5 Å². The normalized spacial score (nSPS) is 10.1. The zero-order valence-electron chi connectivity index (χ0n) is 13.6. The van der Waals surface area contributed by atoms with Gasteiger partial charge in [-0.25, -0.2) is 0 Å². The first-order valence-corrected chi connectivity index (χ1v) is 7.92. The number of hydrogen-bond acceptors (Lipinski definition) is 3. The van der Waals surface area contributed by atoms with E-state index in [-0.39, 0.29) is 18.0 Å². The average Bonchev–Trinajstić information content (AvgIpc) is 2.60. The molecule has 2 aromatic carbocycles. The molecule has 0 aliphatic carbocycles. The standard InChI is InChI=1S/C18H19ClN2O3/c1-3-12-6-4-5-7-15(12)21-17(22)11-20-18(23)14-10-13(19)8-9-16(14)24-2/h4-10H,3,11H2,1-2H3,(H,20,23)(H,21,22). The topological polar surface area (TPSA) is 67.4 Å². The van der Waals surface area contributed by atoms with Crippen molar-refractivity contribution in [2.24, 2.45) is 0 Å². The maximum absolute atomic E-state index is 12.2. The molecule has 0 unspecified atom stereocenters. The fourth-order valence-electron chi connectivity index (χ4n) is 2.26. The van der Waals surface area contributed by atoms with Gasteiger partial charge in [-0.15, -0.1) is 0 Å². The molecular weight excluding hydrogens is 328 g/mol. The van der Waals surface area contributed by atoms with Gasteiger partial charge in [-0.2, -0.15) is 0 Å². The highest BCUT2D eigenvalue weighted by molar-refractivity contribution is 6.31. The Morgan fingerprint density at radius 1 is 1.17 bits per heavy atom. The third-order valence-corrected chi connectivity index (χ3v) is 3.72. The molecule has 2 amide bonds. The average molecular weight is 347 g/mol. The number of anilines is 1. The highest BCUT2D eigenvalue weighted by Crippen LogP contribution is 2.22. The van der Waals surface area contributed by atoms with Crippen LogP contribution in [0.2, 0.25) is 5.02 Å². The third kappa shape index (κ3) is 4.49. The van der Waals surface area contributed by atoms with Crippen LogP contribution in [0.4, 0.5) is 5.69 Å². The number of carbonyl (C=O) groups excluding carboxylic acids is 2. The summed E-state index contributed by atoms with van der Waals surface area (Å²) < 4.78 is 5.13. The fraction of sp³-hybridized carbons (Fsp3) is 0.222. The highest BCUT2D eigenvalue weighted by atomic mass is 35.5. The summed E-state index contributed by atoms with van der Waals surface area (Å²) in [4.78, 5) is 24.3. The van der Waals surface area contributed by atoms with Crippen molar-refractivity contribution in [3.05, 3.63) is 58.6 Å². The van der Waals surface area contributed by atoms with Crippen molar-refractivity contribution < 1.29 is 14.3 Å². The lowest BCUT2D eigenvalue weighted by atomic mass is 10.1. The van der Waals surface area contributed by atoms with Gasteiger partial charge in [-0.3, -0.25) is 9.59 Å². The second kappa shape index (κ2) is 8.36. The molecular formula is C18H19ClN2O3. The van der Waals surface area contributed by atoms with Crippen molar-refractivity contribution in [1.29, 1.82) is 0 Å². The van der Waals surface area contributed by atoms with E-state index >= 15 is 0 Å². The van der Waals surface area contributed by atoms with Gasteiger partial charge >= 0.3 is 0 Å². The summed E-state index contributed by atoms with van der Waals surface area (Å²) in [6.07, 6.45) is 0.808. The molecule has 2 N–H and O–H groups in total. The number of methoxy groups -OCH3 is 1. The molecule has 0 radical (unpaired) electrons. The van der Waals surface area contributed by atoms with E-state index in [1.54, 1.807) is 12.1 Å². The van der Waals surface area contributed by atoms with Crippen molar-refractivity contribution in [2.75, 3.05) is 19.0 Å². The zero-order valence-corrected chi connectivity index (χ0v) is 14.3. The van der Waals surface area contributed by atoms with Crippen molar-refractivity contribution in [2.45, 2.75) is 13.3 Å². The third-order valence-electron chi connectivity index (χ3n) is 3.49. The Labute approximate surface area is 146 Å². The van der Waals surface area contributed by atoms with E-state index in [1.807, 2.05) is 31.2 Å². The second-order valence-electron chi connectivity index (χ2n) is 5.09. The highest BCUT2D eigenvalue weighted by Gasteiger charge is 2.14. The van der Waals surface area contributed by atoms with Crippen LogP contribution >= 0.6 is 11.6 Å². The molecule has 6 heteroatoms. The number of nitrogens with one attached hydrogen (secondary N) is 2. The Morgan fingerprint density at radius 2 is 1.92 bits per heavy atom. The maximum atomic E-state index is 12.2. The number of halogens is 1. The lowest BCUT2D eigenvalue weighted by Crippen LogP contribution is -2.33. The van der Waals surface area contributed by atoms with Gasteiger partial charge in [0.15, 0.2) is 0 Å². The maximum Gasteiger partial charge on any atom is 0.255 e.